The molecule has 0 amide bonds. The summed E-state index contributed by atoms with van der Waals surface area (Å²) in [5.41, 5.74) is 3.74. The zero-order chi connectivity index (χ0) is 28.4. The van der Waals surface area contributed by atoms with Crippen molar-refractivity contribution in [3.63, 3.8) is 0 Å². The second-order valence-electron chi connectivity index (χ2n) is 10.9. The number of carbonyl (C=O) groups excluding carboxylic acids is 1. The minimum absolute atomic E-state index is 0.0615. The lowest BCUT2D eigenvalue weighted by molar-refractivity contribution is 0.0319. The fourth-order valence-corrected chi connectivity index (χ4v) is 4.69. The summed E-state index contributed by atoms with van der Waals surface area (Å²) in [6.45, 7) is 6.84. The molecule has 1 aromatic heterocycles. The third-order valence-corrected chi connectivity index (χ3v) is 7.25. The summed E-state index contributed by atoms with van der Waals surface area (Å²) in [6, 6.07) is 15.3. The van der Waals surface area contributed by atoms with Crippen LogP contribution in [0.25, 0.3) is 11.4 Å². The SMILES string of the molecule is CCCCCCCCCc1cnc(-c2ccc(OCc3ccc(C(=O)OC(C)CCCCCC)cc3)cc2)nc1. The molecule has 5 nitrogen and oxygen atoms in total. The molecule has 1 unspecified atom stereocenters. The Morgan fingerprint density at radius 3 is 1.98 bits per heavy atom. The average Bonchev–Trinajstić information content (AvgIpc) is 2.99. The normalized spacial score (nSPS) is 11.8. The molecule has 0 bridgehead atoms. The molecule has 216 valence electrons. The highest BCUT2D eigenvalue weighted by atomic mass is 16.5. The Bertz CT molecular complexity index is 1090. The van der Waals surface area contributed by atoms with Gasteiger partial charge in [0.1, 0.15) is 12.4 Å². The van der Waals surface area contributed by atoms with E-state index in [2.05, 4.69) is 23.8 Å². The van der Waals surface area contributed by atoms with E-state index >= 15 is 0 Å². The van der Waals surface area contributed by atoms with E-state index < -0.39 is 0 Å². The van der Waals surface area contributed by atoms with Gasteiger partial charge in [0.05, 0.1) is 11.7 Å². The van der Waals surface area contributed by atoms with E-state index in [-0.39, 0.29) is 12.1 Å². The third-order valence-electron chi connectivity index (χ3n) is 7.25. The van der Waals surface area contributed by atoms with Gasteiger partial charge in [-0.2, -0.15) is 0 Å². The monoisotopic (exact) mass is 544 g/mol. The summed E-state index contributed by atoms with van der Waals surface area (Å²) in [7, 11) is 0. The van der Waals surface area contributed by atoms with Crippen LogP contribution in [0.1, 0.15) is 119 Å². The maximum atomic E-state index is 12.4. The Labute approximate surface area is 241 Å². The van der Waals surface area contributed by atoms with Gasteiger partial charge in [0.25, 0.3) is 0 Å². The largest absolute Gasteiger partial charge is 0.489 e. The lowest BCUT2D eigenvalue weighted by Crippen LogP contribution is -2.15. The van der Waals surface area contributed by atoms with Crippen molar-refractivity contribution in [3.8, 4) is 17.1 Å². The maximum absolute atomic E-state index is 12.4. The predicted octanol–water partition coefficient (Wildman–Crippen LogP) is 9.53. The lowest BCUT2D eigenvalue weighted by atomic mass is 10.1. The number of unbranched alkanes of at least 4 members (excludes halogenated alkanes) is 9. The fourth-order valence-electron chi connectivity index (χ4n) is 4.69. The van der Waals surface area contributed by atoms with Gasteiger partial charge < -0.3 is 9.47 Å². The Kier molecular flexibility index (Phi) is 14.2. The number of aromatic nitrogens is 2. The molecule has 1 atom stereocenters. The van der Waals surface area contributed by atoms with E-state index in [0.29, 0.717) is 12.2 Å². The van der Waals surface area contributed by atoms with Crippen LogP contribution in [0.5, 0.6) is 5.75 Å². The van der Waals surface area contributed by atoms with E-state index in [1.807, 2.05) is 67.8 Å². The number of esters is 1. The summed E-state index contributed by atoms with van der Waals surface area (Å²) in [5.74, 6) is 1.24. The summed E-state index contributed by atoms with van der Waals surface area (Å²) in [4.78, 5) is 21.6. The molecule has 0 spiro atoms. The van der Waals surface area contributed by atoms with E-state index in [1.165, 1.54) is 69.8 Å². The smallest absolute Gasteiger partial charge is 0.338 e. The number of rotatable bonds is 19. The van der Waals surface area contributed by atoms with Gasteiger partial charge >= 0.3 is 5.97 Å². The summed E-state index contributed by atoms with van der Waals surface area (Å²) in [5, 5.41) is 0. The number of hydrogen-bond acceptors (Lipinski definition) is 5. The van der Waals surface area contributed by atoms with Gasteiger partial charge in [-0.15, -0.1) is 0 Å². The molecule has 3 rings (SSSR count). The molecule has 5 heteroatoms. The van der Waals surface area contributed by atoms with Gasteiger partial charge in [0, 0.05) is 18.0 Å². The Hall–Kier alpha value is -3.21. The molecule has 3 aromatic rings. The molecule has 0 radical (unpaired) electrons. The standard InChI is InChI=1S/C35H48N2O3/c1-4-6-8-10-11-12-14-16-30-25-36-34(37-26-30)31-21-23-33(24-22-31)39-27-29-17-19-32(20-18-29)35(38)40-28(3)15-13-9-7-5-2/h17-26,28H,4-16,27H2,1-3H3. The molecule has 0 saturated carbocycles. The third kappa shape index (κ3) is 11.5. The number of aryl methyl sites for hydroxylation is 1. The van der Waals surface area contributed by atoms with Gasteiger partial charge in [0.15, 0.2) is 5.82 Å². The van der Waals surface area contributed by atoms with Crippen LogP contribution in [-0.2, 0) is 17.8 Å². The summed E-state index contributed by atoms with van der Waals surface area (Å²) in [6.07, 6.45) is 19.7. The number of nitrogens with zero attached hydrogens (tertiary/aromatic N) is 2. The van der Waals surface area contributed by atoms with Crippen LogP contribution in [0, 0.1) is 0 Å². The van der Waals surface area contributed by atoms with Crippen molar-refractivity contribution in [2.24, 2.45) is 0 Å². The molecule has 0 fully saturated rings. The van der Waals surface area contributed by atoms with Crippen LogP contribution in [0.15, 0.2) is 60.9 Å². The maximum Gasteiger partial charge on any atom is 0.338 e. The molecule has 0 N–H and O–H groups in total. The van der Waals surface area contributed by atoms with Crippen molar-refractivity contribution in [2.45, 2.75) is 117 Å². The van der Waals surface area contributed by atoms with Crippen molar-refractivity contribution in [1.82, 2.24) is 9.97 Å². The lowest BCUT2D eigenvalue weighted by Gasteiger charge is -2.13. The zero-order valence-corrected chi connectivity index (χ0v) is 24.9. The Morgan fingerprint density at radius 1 is 0.725 bits per heavy atom. The van der Waals surface area contributed by atoms with E-state index in [1.54, 1.807) is 0 Å². The van der Waals surface area contributed by atoms with Crippen molar-refractivity contribution in [2.75, 3.05) is 0 Å². The second kappa shape index (κ2) is 18.2. The van der Waals surface area contributed by atoms with Gasteiger partial charge in [0.2, 0.25) is 0 Å². The summed E-state index contributed by atoms with van der Waals surface area (Å²) < 4.78 is 11.6. The molecule has 0 aliphatic rings. The molecule has 2 aromatic carbocycles. The average molecular weight is 545 g/mol. The van der Waals surface area contributed by atoms with Crippen LogP contribution < -0.4 is 4.74 Å². The highest BCUT2D eigenvalue weighted by molar-refractivity contribution is 5.89. The molecular formula is C35H48N2O3. The number of benzene rings is 2. The Morgan fingerprint density at radius 2 is 1.32 bits per heavy atom. The van der Waals surface area contributed by atoms with Gasteiger partial charge in [-0.3, -0.25) is 0 Å². The Balaban J connectivity index is 1.39. The predicted molar refractivity (Wildman–Crippen MR) is 164 cm³/mol. The molecule has 40 heavy (non-hydrogen) atoms. The molecular weight excluding hydrogens is 496 g/mol. The molecule has 0 aliphatic heterocycles. The minimum atomic E-state index is -0.265. The summed E-state index contributed by atoms with van der Waals surface area (Å²) >= 11 is 0. The number of carbonyl (C=O) groups is 1. The first kappa shape index (κ1) is 31.3. The van der Waals surface area contributed by atoms with E-state index in [4.69, 9.17) is 9.47 Å². The highest BCUT2D eigenvalue weighted by Crippen LogP contribution is 2.21. The highest BCUT2D eigenvalue weighted by Gasteiger charge is 2.12. The van der Waals surface area contributed by atoms with Gasteiger partial charge in [-0.05, 0) is 80.1 Å². The first-order valence-electron chi connectivity index (χ1n) is 15.4. The van der Waals surface area contributed by atoms with Gasteiger partial charge in [-0.25, -0.2) is 14.8 Å². The minimum Gasteiger partial charge on any atom is -0.489 e. The van der Waals surface area contributed by atoms with Crippen LogP contribution >= 0.6 is 0 Å². The quantitative estimate of drug-likeness (QED) is 0.111. The van der Waals surface area contributed by atoms with Crippen molar-refractivity contribution >= 4 is 5.97 Å². The first-order chi connectivity index (χ1) is 19.6. The van der Waals surface area contributed by atoms with Crippen molar-refractivity contribution in [1.29, 1.82) is 0 Å². The van der Waals surface area contributed by atoms with Crippen LogP contribution in [0.2, 0.25) is 0 Å². The number of ether oxygens (including phenoxy) is 2. The number of hydrogen-bond donors (Lipinski definition) is 0. The topological polar surface area (TPSA) is 61.3 Å². The molecule has 1 heterocycles. The van der Waals surface area contributed by atoms with Crippen LogP contribution in [0.4, 0.5) is 0 Å². The van der Waals surface area contributed by atoms with Crippen LogP contribution in [0.3, 0.4) is 0 Å². The fraction of sp³-hybridized carbons (Fsp3) is 0.514. The van der Waals surface area contributed by atoms with E-state index in [0.717, 1.165) is 42.0 Å². The van der Waals surface area contributed by atoms with Gasteiger partial charge in [-0.1, -0.05) is 83.8 Å². The van der Waals surface area contributed by atoms with Crippen LogP contribution in [-0.4, -0.2) is 22.0 Å². The first-order valence-corrected chi connectivity index (χ1v) is 15.4. The van der Waals surface area contributed by atoms with E-state index in [9.17, 15) is 4.79 Å². The molecule has 0 aliphatic carbocycles. The zero-order valence-electron chi connectivity index (χ0n) is 24.9. The van der Waals surface area contributed by atoms with Crippen molar-refractivity contribution in [3.05, 3.63) is 77.6 Å². The second-order valence-corrected chi connectivity index (χ2v) is 10.9. The van der Waals surface area contributed by atoms with Crippen molar-refractivity contribution < 1.29 is 14.3 Å². The molecule has 0 saturated heterocycles.